The molecule has 1 aromatic rings. The number of hydrogen-bond donors (Lipinski definition) is 1. The average molecular weight is 311 g/mol. The van der Waals surface area contributed by atoms with Gasteiger partial charge in [-0.3, -0.25) is 4.79 Å². The van der Waals surface area contributed by atoms with Crippen molar-refractivity contribution in [3.8, 4) is 5.75 Å². The minimum Gasteiger partial charge on any atom is -0.433 e. The maximum absolute atomic E-state index is 11.9. The third-order valence-corrected chi connectivity index (χ3v) is 3.24. The van der Waals surface area contributed by atoms with E-state index >= 15 is 0 Å². The van der Waals surface area contributed by atoms with E-state index in [-0.39, 0.29) is 17.5 Å². The van der Waals surface area contributed by atoms with E-state index in [4.69, 9.17) is 23.2 Å². The van der Waals surface area contributed by atoms with Gasteiger partial charge in [-0.15, -0.1) is 23.2 Å². The second-order valence-corrected chi connectivity index (χ2v) is 5.83. The molecule has 0 saturated heterocycles. The molecule has 0 radical (unpaired) electrons. The molecule has 1 heterocycles. The Bertz CT molecular complexity index is 460. The number of nitrogens with one attached hydrogen (secondary N) is 1. The van der Waals surface area contributed by atoms with Crippen LogP contribution in [0.25, 0.3) is 0 Å². The third-order valence-electron chi connectivity index (χ3n) is 2.62. The Balaban J connectivity index is 1.89. The van der Waals surface area contributed by atoms with Gasteiger partial charge >= 0.3 is 6.61 Å². The average Bonchev–Trinajstić information content (AvgIpc) is 2.26. The third kappa shape index (κ3) is 3.91. The monoisotopic (exact) mass is 310 g/mol. The van der Waals surface area contributed by atoms with Gasteiger partial charge in [0.05, 0.1) is 6.20 Å². The van der Waals surface area contributed by atoms with Crippen molar-refractivity contribution in [2.45, 2.75) is 29.8 Å². The van der Waals surface area contributed by atoms with Crippen LogP contribution in [0.2, 0.25) is 0 Å². The normalized spacial score (nSPS) is 17.9. The first-order valence-corrected chi connectivity index (χ1v) is 6.21. The zero-order valence-electron chi connectivity index (χ0n) is 9.58. The smallest absolute Gasteiger partial charge is 0.387 e. The highest BCUT2D eigenvalue weighted by molar-refractivity contribution is 6.49. The lowest BCUT2D eigenvalue weighted by atomic mass is 9.91. The number of carbonyl (C=O) groups is 1. The molecule has 0 spiro atoms. The van der Waals surface area contributed by atoms with E-state index in [1.807, 2.05) is 0 Å². The number of rotatable bonds is 4. The van der Waals surface area contributed by atoms with Crippen molar-refractivity contribution in [3.63, 3.8) is 0 Å². The van der Waals surface area contributed by atoms with Crippen molar-refractivity contribution in [2.24, 2.45) is 0 Å². The lowest BCUT2D eigenvalue weighted by Crippen LogP contribution is -2.49. The van der Waals surface area contributed by atoms with E-state index in [9.17, 15) is 13.6 Å². The molecule has 1 fully saturated rings. The van der Waals surface area contributed by atoms with Crippen LogP contribution in [-0.2, 0) is 0 Å². The van der Waals surface area contributed by atoms with E-state index in [0.29, 0.717) is 12.8 Å². The Labute approximate surface area is 118 Å². The van der Waals surface area contributed by atoms with Crippen LogP contribution in [0.15, 0.2) is 18.3 Å². The highest BCUT2D eigenvalue weighted by atomic mass is 35.5. The zero-order valence-corrected chi connectivity index (χ0v) is 11.1. The Morgan fingerprint density at radius 2 is 2.16 bits per heavy atom. The van der Waals surface area contributed by atoms with Gasteiger partial charge in [0.15, 0.2) is 0 Å². The number of amides is 1. The summed E-state index contributed by atoms with van der Waals surface area (Å²) in [5.74, 6) is -0.506. The Hall–Kier alpha value is -1.14. The van der Waals surface area contributed by atoms with Crippen LogP contribution in [0.4, 0.5) is 8.78 Å². The van der Waals surface area contributed by atoms with Gasteiger partial charge < -0.3 is 10.1 Å². The van der Waals surface area contributed by atoms with Crippen molar-refractivity contribution >= 4 is 29.1 Å². The number of nitrogens with zero attached hydrogens (tertiary/aromatic N) is 1. The maximum atomic E-state index is 11.9. The minimum atomic E-state index is -2.92. The van der Waals surface area contributed by atoms with Crippen LogP contribution in [0.1, 0.15) is 23.3 Å². The summed E-state index contributed by atoms with van der Waals surface area (Å²) < 4.78 is 27.2. The van der Waals surface area contributed by atoms with Crippen LogP contribution in [0, 0.1) is 0 Å². The van der Waals surface area contributed by atoms with Crippen LogP contribution in [0.5, 0.6) is 5.75 Å². The van der Waals surface area contributed by atoms with Gasteiger partial charge in [-0.25, -0.2) is 4.98 Å². The molecule has 19 heavy (non-hydrogen) atoms. The quantitative estimate of drug-likeness (QED) is 0.870. The lowest BCUT2D eigenvalue weighted by Gasteiger charge is -2.38. The summed E-state index contributed by atoms with van der Waals surface area (Å²) in [7, 11) is 0. The van der Waals surface area contributed by atoms with Crippen molar-refractivity contribution in [2.75, 3.05) is 0 Å². The Kier molecular flexibility index (Phi) is 4.10. The van der Waals surface area contributed by atoms with Crippen LogP contribution in [0.3, 0.4) is 0 Å². The van der Waals surface area contributed by atoms with Crippen molar-refractivity contribution < 1.29 is 18.3 Å². The molecule has 1 amide bonds. The highest BCUT2D eigenvalue weighted by Crippen LogP contribution is 2.42. The molecule has 104 valence electrons. The Morgan fingerprint density at radius 1 is 1.47 bits per heavy atom. The SMILES string of the molecule is O=C(NC1CC(Cl)(Cl)C1)c1ccc(OC(F)F)cn1. The molecule has 0 unspecified atom stereocenters. The first-order chi connectivity index (χ1) is 8.85. The summed E-state index contributed by atoms with van der Waals surface area (Å²) in [6.07, 6.45) is 2.00. The van der Waals surface area contributed by atoms with Gasteiger partial charge in [-0.05, 0) is 12.1 Å². The molecule has 0 atom stereocenters. The lowest BCUT2D eigenvalue weighted by molar-refractivity contribution is -0.0500. The molecule has 1 saturated carbocycles. The van der Waals surface area contributed by atoms with Gasteiger partial charge in [-0.2, -0.15) is 8.78 Å². The van der Waals surface area contributed by atoms with Crippen molar-refractivity contribution in [1.29, 1.82) is 0 Å². The zero-order chi connectivity index (χ0) is 14.0. The second kappa shape index (κ2) is 5.46. The largest absolute Gasteiger partial charge is 0.433 e. The molecule has 4 nitrogen and oxygen atoms in total. The molecule has 2 rings (SSSR count). The summed E-state index contributed by atoms with van der Waals surface area (Å²) in [6, 6.07) is 2.46. The Morgan fingerprint density at radius 3 is 2.63 bits per heavy atom. The number of alkyl halides is 4. The maximum Gasteiger partial charge on any atom is 0.387 e. The topological polar surface area (TPSA) is 51.2 Å². The predicted octanol–water partition coefficient (Wildman–Crippen LogP) is 2.75. The summed E-state index contributed by atoms with van der Waals surface area (Å²) in [5, 5.41) is 2.69. The molecule has 8 heteroatoms. The summed E-state index contributed by atoms with van der Waals surface area (Å²) in [6.45, 7) is -2.92. The summed E-state index contributed by atoms with van der Waals surface area (Å²) in [5.41, 5.74) is 0.114. The molecule has 1 aliphatic carbocycles. The van der Waals surface area contributed by atoms with E-state index < -0.39 is 16.9 Å². The fourth-order valence-electron chi connectivity index (χ4n) is 1.71. The molecule has 1 aliphatic rings. The first-order valence-electron chi connectivity index (χ1n) is 5.45. The summed E-state index contributed by atoms with van der Waals surface area (Å²) >= 11 is 11.6. The molecule has 1 aromatic heterocycles. The van der Waals surface area contributed by atoms with Crippen molar-refractivity contribution in [1.82, 2.24) is 10.3 Å². The number of aromatic nitrogens is 1. The molecule has 0 aliphatic heterocycles. The van der Waals surface area contributed by atoms with E-state index in [0.717, 1.165) is 6.20 Å². The van der Waals surface area contributed by atoms with E-state index in [2.05, 4.69) is 15.0 Å². The van der Waals surface area contributed by atoms with Gasteiger partial charge in [-0.1, -0.05) is 0 Å². The van der Waals surface area contributed by atoms with Crippen LogP contribution < -0.4 is 10.1 Å². The number of halogens is 4. The molecule has 1 N–H and O–H groups in total. The molecule has 0 bridgehead atoms. The van der Waals surface area contributed by atoms with E-state index in [1.54, 1.807) is 0 Å². The number of carbonyl (C=O) groups excluding carboxylic acids is 1. The highest BCUT2D eigenvalue weighted by Gasteiger charge is 2.41. The number of hydrogen-bond acceptors (Lipinski definition) is 3. The number of pyridine rings is 1. The fourth-order valence-corrected chi connectivity index (χ4v) is 2.45. The van der Waals surface area contributed by atoms with Gasteiger partial charge in [0.25, 0.3) is 5.91 Å². The van der Waals surface area contributed by atoms with Crippen LogP contribution >= 0.6 is 23.2 Å². The molecular formula is C11H10Cl2F2N2O2. The van der Waals surface area contributed by atoms with Crippen molar-refractivity contribution in [3.05, 3.63) is 24.0 Å². The fraction of sp³-hybridized carbons (Fsp3) is 0.455. The molecule has 0 aromatic carbocycles. The van der Waals surface area contributed by atoms with Gasteiger partial charge in [0.1, 0.15) is 15.8 Å². The first kappa shape index (κ1) is 14.3. The summed E-state index contributed by atoms with van der Waals surface area (Å²) in [4.78, 5) is 15.5. The van der Waals surface area contributed by atoms with Gasteiger partial charge in [0, 0.05) is 18.9 Å². The number of ether oxygens (including phenoxy) is 1. The molecular weight excluding hydrogens is 301 g/mol. The standard InChI is InChI=1S/C11H10Cl2F2N2O2/c12-11(13)3-6(4-11)17-9(18)8-2-1-7(5-16-8)19-10(14)15/h1-2,5-6,10H,3-4H2,(H,17,18). The van der Waals surface area contributed by atoms with E-state index in [1.165, 1.54) is 12.1 Å². The second-order valence-electron chi connectivity index (χ2n) is 4.19. The van der Waals surface area contributed by atoms with Gasteiger partial charge in [0.2, 0.25) is 0 Å². The minimum absolute atomic E-state index is 0.0960. The van der Waals surface area contributed by atoms with Crippen LogP contribution in [-0.4, -0.2) is 27.9 Å². The predicted molar refractivity (Wildman–Crippen MR) is 65.8 cm³/mol.